The lowest BCUT2D eigenvalue weighted by Gasteiger charge is -2.20. The van der Waals surface area contributed by atoms with Crippen LogP contribution in [0.2, 0.25) is 0 Å². The summed E-state index contributed by atoms with van der Waals surface area (Å²) in [6.45, 7) is 3.16. The number of hydrogen-bond donors (Lipinski definition) is 1. The van der Waals surface area contributed by atoms with Crippen LogP contribution < -0.4 is 5.32 Å². The first-order valence-corrected chi connectivity index (χ1v) is 8.23. The quantitative estimate of drug-likeness (QED) is 0.744. The van der Waals surface area contributed by atoms with E-state index in [9.17, 15) is 4.79 Å². The lowest BCUT2D eigenvalue weighted by Crippen LogP contribution is -2.30. The SMILES string of the molecule is CCN(Cc1ccccc1)C(=O)c1cnc(Nc2ccccc2)nc1. The van der Waals surface area contributed by atoms with Crippen molar-refractivity contribution in [3.8, 4) is 0 Å². The molecule has 1 N–H and O–H groups in total. The van der Waals surface area contributed by atoms with E-state index >= 15 is 0 Å². The maximum Gasteiger partial charge on any atom is 0.257 e. The summed E-state index contributed by atoms with van der Waals surface area (Å²) in [5.74, 6) is 0.395. The molecule has 0 aliphatic rings. The predicted octanol–water partition coefficient (Wildman–Crippen LogP) is 3.88. The monoisotopic (exact) mass is 332 g/mol. The lowest BCUT2D eigenvalue weighted by atomic mass is 10.2. The fourth-order valence-corrected chi connectivity index (χ4v) is 2.47. The van der Waals surface area contributed by atoms with E-state index in [2.05, 4.69) is 15.3 Å². The van der Waals surface area contributed by atoms with Gasteiger partial charge in [0.15, 0.2) is 0 Å². The van der Waals surface area contributed by atoms with Crippen LogP contribution in [0.4, 0.5) is 11.6 Å². The molecule has 126 valence electrons. The van der Waals surface area contributed by atoms with Crippen molar-refractivity contribution >= 4 is 17.5 Å². The van der Waals surface area contributed by atoms with E-state index in [0.717, 1.165) is 11.3 Å². The Kier molecular flexibility index (Phi) is 5.36. The Hall–Kier alpha value is -3.21. The van der Waals surface area contributed by atoms with Gasteiger partial charge in [0.25, 0.3) is 5.91 Å². The Morgan fingerprint density at radius 3 is 2.16 bits per heavy atom. The molecule has 1 amide bonds. The van der Waals surface area contributed by atoms with Crippen LogP contribution in [-0.2, 0) is 6.54 Å². The average Bonchev–Trinajstić information content (AvgIpc) is 2.68. The average molecular weight is 332 g/mol. The van der Waals surface area contributed by atoms with Crippen molar-refractivity contribution in [1.29, 1.82) is 0 Å². The molecule has 0 spiro atoms. The van der Waals surface area contributed by atoms with Gasteiger partial charge in [0.2, 0.25) is 5.95 Å². The predicted molar refractivity (Wildman–Crippen MR) is 98.6 cm³/mol. The normalized spacial score (nSPS) is 10.3. The fourth-order valence-electron chi connectivity index (χ4n) is 2.47. The zero-order valence-electron chi connectivity index (χ0n) is 14.1. The van der Waals surface area contributed by atoms with Crippen molar-refractivity contribution < 1.29 is 4.79 Å². The second-order valence-electron chi connectivity index (χ2n) is 5.59. The van der Waals surface area contributed by atoms with Gasteiger partial charge in [-0.1, -0.05) is 48.5 Å². The molecule has 0 saturated heterocycles. The molecule has 5 nitrogen and oxygen atoms in total. The topological polar surface area (TPSA) is 58.1 Å². The second-order valence-corrected chi connectivity index (χ2v) is 5.59. The number of hydrogen-bond acceptors (Lipinski definition) is 4. The standard InChI is InChI=1S/C20H20N4O/c1-2-24(15-16-9-5-3-6-10-16)19(25)17-13-21-20(22-14-17)23-18-11-7-4-8-12-18/h3-14H,2,15H2,1H3,(H,21,22,23). The first-order valence-electron chi connectivity index (χ1n) is 8.23. The highest BCUT2D eigenvalue weighted by Crippen LogP contribution is 2.13. The number of anilines is 2. The van der Waals surface area contributed by atoms with Gasteiger partial charge in [0.05, 0.1) is 5.56 Å². The largest absolute Gasteiger partial charge is 0.335 e. The molecule has 0 unspecified atom stereocenters. The third kappa shape index (κ3) is 4.41. The molecule has 0 aliphatic heterocycles. The molecule has 0 fully saturated rings. The lowest BCUT2D eigenvalue weighted by molar-refractivity contribution is 0.0752. The summed E-state index contributed by atoms with van der Waals surface area (Å²) in [7, 11) is 0. The van der Waals surface area contributed by atoms with Gasteiger partial charge in [-0.2, -0.15) is 0 Å². The number of amides is 1. The van der Waals surface area contributed by atoms with E-state index in [1.54, 1.807) is 17.3 Å². The highest BCUT2D eigenvalue weighted by atomic mass is 16.2. The molecule has 25 heavy (non-hydrogen) atoms. The van der Waals surface area contributed by atoms with E-state index in [1.165, 1.54) is 0 Å². The van der Waals surface area contributed by atoms with Crippen molar-refractivity contribution in [2.45, 2.75) is 13.5 Å². The Bertz CT molecular complexity index is 804. The summed E-state index contributed by atoms with van der Waals surface area (Å²) in [4.78, 5) is 22.9. The Labute approximate surface area is 147 Å². The van der Waals surface area contributed by atoms with E-state index < -0.39 is 0 Å². The molecule has 0 atom stereocenters. The number of rotatable bonds is 6. The van der Waals surface area contributed by atoms with E-state index in [0.29, 0.717) is 24.6 Å². The number of carbonyl (C=O) groups is 1. The molecule has 3 aromatic rings. The maximum atomic E-state index is 12.7. The summed E-state index contributed by atoms with van der Waals surface area (Å²) in [6.07, 6.45) is 3.13. The molecule has 1 aromatic heterocycles. The molecule has 5 heteroatoms. The summed E-state index contributed by atoms with van der Waals surface area (Å²) in [6, 6.07) is 19.6. The molecule has 0 bridgehead atoms. The smallest absolute Gasteiger partial charge is 0.257 e. The van der Waals surface area contributed by atoms with Crippen LogP contribution in [-0.4, -0.2) is 27.3 Å². The number of nitrogens with one attached hydrogen (secondary N) is 1. The highest BCUT2D eigenvalue weighted by molar-refractivity contribution is 5.93. The van der Waals surface area contributed by atoms with Crippen LogP contribution in [0.15, 0.2) is 73.1 Å². The molecule has 0 radical (unpaired) electrons. The minimum Gasteiger partial charge on any atom is -0.335 e. The van der Waals surface area contributed by atoms with Crippen LogP contribution in [0.3, 0.4) is 0 Å². The van der Waals surface area contributed by atoms with Gasteiger partial charge in [-0.25, -0.2) is 9.97 Å². The molecular formula is C20H20N4O. The minimum absolute atomic E-state index is 0.0717. The summed E-state index contributed by atoms with van der Waals surface area (Å²) < 4.78 is 0. The molecule has 1 heterocycles. The molecule has 2 aromatic carbocycles. The van der Waals surface area contributed by atoms with Gasteiger partial charge in [-0.05, 0) is 24.6 Å². The maximum absolute atomic E-state index is 12.7. The van der Waals surface area contributed by atoms with Crippen LogP contribution in [0.25, 0.3) is 0 Å². The van der Waals surface area contributed by atoms with Crippen molar-refractivity contribution in [1.82, 2.24) is 14.9 Å². The van der Waals surface area contributed by atoms with Gasteiger partial charge < -0.3 is 10.2 Å². The fraction of sp³-hybridized carbons (Fsp3) is 0.150. The number of carbonyl (C=O) groups excluding carboxylic acids is 1. The number of benzene rings is 2. The zero-order chi connectivity index (χ0) is 17.5. The van der Waals surface area contributed by atoms with Crippen molar-refractivity contribution in [2.75, 3.05) is 11.9 Å². The van der Waals surface area contributed by atoms with Crippen molar-refractivity contribution in [3.63, 3.8) is 0 Å². The highest BCUT2D eigenvalue weighted by Gasteiger charge is 2.15. The number of para-hydroxylation sites is 1. The molecule has 3 rings (SSSR count). The Balaban J connectivity index is 1.68. The van der Waals surface area contributed by atoms with Crippen molar-refractivity contribution in [3.05, 3.63) is 84.2 Å². The third-order valence-electron chi connectivity index (χ3n) is 3.81. The van der Waals surface area contributed by atoms with E-state index in [1.807, 2.05) is 67.6 Å². The minimum atomic E-state index is -0.0717. The van der Waals surface area contributed by atoms with Crippen LogP contribution in [0.5, 0.6) is 0 Å². The first kappa shape index (κ1) is 16.6. The second kappa shape index (κ2) is 8.06. The number of aromatic nitrogens is 2. The van der Waals surface area contributed by atoms with Gasteiger partial charge in [0, 0.05) is 31.2 Å². The summed E-state index contributed by atoms with van der Waals surface area (Å²) >= 11 is 0. The van der Waals surface area contributed by atoms with Crippen LogP contribution in [0, 0.1) is 0 Å². The van der Waals surface area contributed by atoms with E-state index in [-0.39, 0.29) is 5.91 Å². The van der Waals surface area contributed by atoms with Gasteiger partial charge in [-0.15, -0.1) is 0 Å². The molecule has 0 saturated carbocycles. The van der Waals surface area contributed by atoms with Crippen LogP contribution in [0.1, 0.15) is 22.8 Å². The summed E-state index contributed by atoms with van der Waals surface area (Å²) in [5, 5.41) is 3.11. The zero-order valence-corrected chi connectivity index (χ0v) is 14.1. The number of nitrogens with zero attached hydrogens (tertiary/aromatic N) is 3. The van der Waals surface area contributed by atoms with Gasteiger partial charge in [-0.3, -0.25) is 4.79 Å². The Morgan fingerprint density at radius 2 is 1.56 bits per heavy atom. The first-order chi connectivity index (χ1) is 12.3. The van der Waals surface area contributed by atoms with E-state index in [4.69, 9.17) is 0 Å². The Morgan fingerprint density at radius 1 is 0.960 bits per heavy atom. The third-order valence-corrected chi connectivity index (χ3v) is 3.81. The van der Waals surface area contributed by atoms with Crippen LogP contribution >= 0.6 is 0 Å². The van der Waals surface area contributed by atoms with Gasteiger partial charge in [0.1, 0.15) is 0 Å². The molecular weight excluding hydrogens is 312 g/mol. The van der Waals surface area contributed by atoms with Gasteiger partial charge >= 0.3 is 0 Å². The van der Waals surface area contributed by atoms with Crippen molar-refractivity contribution in [2.24, 2.45) is 0 Å². The molecule has 0 aliphatic carbocycles. The summed E-state index contributed by atoms with van der Waals surface area (Å²) in [5.41, 5.74) is 2.48.